The number of nitrogens with zero attached hydrogens (tertiary/aromatic N) is 2. The normalized spacial score (nSPS) is 10.6. The lowest BCUT2D eigenvalue weighted by Gasteiger charge is -2.05. The lowest BCUT2D eigenvalue weighted by molar-refractivity contribution is 0.473. The number of aromatic hydroxyl groups is 1. The fourth-order valence-electron chi connectivity index (χ4n) is 1.92. The lowest BCUT2D eigenvalue weighted by Crippen LogP contribution is -1.84. The molecule has 2 heterocycles. The molecule has 0 bridgehead atoms. The van der Waals surface area contributed by atoms with Crippen molar-refractivity contribution in [3.05, 3.63) is 55.1 Å². The van der Waals surface area contributed by atoms with Crippen molar-refractivity contribution in [3.63, 3.8) is 0 Å². The molecule has 0 radical (unpaired) electrons. The molecular formula is C14H10N2O. The average molecular weight is 222 g/mol. The maximum Gasteiger partial charge on any atom is 0.134 e. The van der Waals surface area contributed by atoms with E-state index in [2.05, 4.69) is 9.97 Å². The smallest absolute Gasteiger partial charge is 0.134 e. The third-order valence-corrected chi connectivity index (χ3v) is 2.70. The first kappa shape index (κ1) is 9.78. The standard InChI is InChI=1S/C14H10N2O/c17-12-5-11(7-15-8-12)14-9-16-6-10-3-1-2-4-13(10)14/h1-9,17H. The van der Waals surface area contributed by atoms with E-state index in [4.69, 9.17) is 0 Å². The van der Waals surface area contributed by atoms with Gasteiger partial charge < -0.3 is 5.11 Å². The molecule has 82 valence electrons. The molecule has 0 amide bonds. The van der Waals surface area contributed by atoms with Crippen LogP contribution in [0, 0.1) is 0 Å². The molecule has 0 atom stereocenters. The van der Waals surface area contributed by atoms with Crippen molar-refractivity contribution in [1.29, 1.82) is 0 Å². The monoisotopic (exact) mass is 222 g/mol. The van der Waals surface area contributed by atoms with Crippen molar-refractivity contribution >= 4 is 10.8 Å². The zero-order valence-corrected chi connectivity index (χ0v) is 9.04. The predicted octanol–water partition coefficient (Wildman–Crippen LogP) is 3.00. The molecule has 0 aliphatic heterocycles. The molecule has 0 spiro atoms. The topological polar surface area (TPSA) is 46.0 Å². The van der Waals surface area contributed by atoms with Crippen LogP contribution in [0.4, 0.5) is 0 Å². The Kier molecular flexibility index (Phi) is 2.22. The summed E-state index contributed by atoms with van der Waals surface area (Å²) >= 11 is 0. The van der Waals surface area contributed by atoms with Crippen LogP contribution in [0.1, 0.15) is 0 Å². The molecule has 0 aliphatic carbocycles. The quantitative estimate of drug-likeness (QED) is 0.688. The van der Waals surface area contributed by atoms with Crippen molar-refractivity contribution < 1.29 is 5.11 Å². The van der Waals surface area contributed by atoms with Crippen molar-refractivity contribution in [2.24, 2.45) is 0 Å². The summed E-state index contributed by atoms with van der Waals surface area (Å²) < 4.78 is 0. The number of fused-ring (bicyclic) bond motifs is 1. The highest BCUT2D eigenvalue weighted by molar-refractivity contribution is 5.95. The molecule has 1 aromatic carbocycles. The van der Waals surface area contributed by atoms with Gasteiger partial charge in [0.15, 0.2) is 0 Å². The van der Waals surface area contributed by atoms with Gasteiger partial charge in [0.2, 0.25) is 0 Å². The highest BCUT2D eigenvalue weighted by Gasteiger charge is 2.04. The van der Waals surface area contributed by atoms with Crippen LogP contribution in [-0.2, 0) is 0 Å². The van der Waals surface area contributed by atoms with E-state index in [1.165, 1.54) is 6.20 Å². The van der Waals surface area contributed by atoms with Crippen LogP contribution in [0.25, 0.3) is 21.9 Å². The van der Waals surface area contributed by atoms with Crippen LogP contribution >= 0.6 is 0 Å². The van der Waals surface area contributed by atoms with Crippen molar-refractivity contribution in [2.45, 2.75) is 0 Å². The first-order chi connectivity index (χ1) is 8.34. The Hall–Kier alpha value is -2.42. The van der Waals surface area contributed by atoms with Crippen LogP contribution in [-0.4, -0.2) is 15.1 Å². The van der Waals surface area contributed by atoms with E-state index in [1.807, 2.05) is 30.5 Å². The molecule has 3 nitrogen and oxygen atoms in total. The molecule has 3 heteroatoms. The number of pyridine rings is 2. The van der Waals surface area contributed by atoms with Crippen molar-refractivity contribution in [1.82, 2.24) is 9.97 Å². The summed E-state index contributed by atoms with van der Waals surface area (Å²) in [7, 11) is 0. The van der Waals surface area contributed by atoms with E-state index < -0.39 is 0 Å². The van der Waals surface area contributed by atoms with Crippen LogP contribution in [0.15, 0.2) is 55.1 Å². The predicted molar refractivity (Wildman–Crippen MR) is 66.6 cm³/mol. The SMILES string of the molecule is Oc1cncc(-c2cncc3ccccc23)c1. The zero-order chi connectivity index (χ0) is 11.7. The van der Waals surface area contributed by atoms with Gasteiger partial charge in [-0.1, -0.05) is 24.3 Å². The van der Waals surface area contributed by atoms with Gasteiger partial charge in [0.1, 0.15) is 5.75 Å². The van der Waals surface area contributed by atoms with Crippen LogP contribution in [0.2, 0.25) is 0 Å². The number of rotatable bonds is 1. The number of aromatic nitrogens is 2. The van der Waals surface area contributed by atoms with Gasteiger partial charge in [0.25, 0.3) is 0 Å². The van der Waals surface area contributed by atoms with Gasteiger partial charge in [-0.3, -0.25) is 9.97 Å². The van der Waals surface area contributed by atoms with E-state index in [9.17, 15) is 5.11 Å². The van der Waals surface area contributed by atoms with Crippen LogP contribution in [0.5, 0.6) is 5.75 Å². The first-order valence-corrected chi connectivity index (χ1v) is 5.32. The zero-order valence-electron chi connectivity index (χ0n) is 9.04. The van der Waals surface area contributed by atoms with Gasteiger partial charge in [-0.15, -0.1) is 0 Å². The van der Waals surface area contributed by atoms with E-state index in [0.29, 0.717) is 0 Å². The minimum atomic E-state index is 0.162. The summed E-state index contributed by atoms with van der Waals surface area (Å²) in [4.78, 5) is 8.20. The molecule has 1 N–H and O–H groups in total. The Morgan fingerprint density at radius 1 is 0.882 bits per heavy atom. The van der Waals surface area contributed by atoms with E-state index >= 15 is 0 Å². The third kappa shape index (κ3) is 1.72. The highest BCUT2D eigenvalue weighted by atomic mass is 16.3. The summed E-state index contributed by atoms with van der Waals surface area (Å²) in [6, 6.07) is 9.71. The lowest BCUT2D eigenvalue weighted by atomic mass is 10.0. The first-order valence-electron chi connectivity index (χ1n) is 5.32. The summed E-state index contributed by atoms with van der Waals surface area (Å²) in [5.41, 5.74) is 1.85. The Labute approximate surface area is 98.4 Å². The second-order valence-electron chi connectivity index (χ2n) is 3.84. The Bertz CT molecular complexity index is 674. The Morgan fingerprint density at radius 2 is 1.71 bits per heavy atom. The van der Waals surface area contributed by atoms with Gasteiger partial charge >= 0.3 is 0 Å². The Morgan fingerprint density at radius 3 is 2.59 bits per heavy atom. The van der Waals surface area contributed by atoms with Crippen molar-refractivity contribution in [3.8, 4) is 16.9 Å². The van der Waals surface area contributed by atoms with Gasteiger partial charge in [-0.2, -0.15) is 0 Å². The molecule has 17 heavy (non-hydrogen) atoms. The summed E-state index contributed by atoms with van der Waals surface area (Å²) in [5.74, 6) is 0.162. The molecular weight excluding hydrogens is 212 g/mol. The maximum atomic E-state index is 9.46. The molecule has 0 saturated heterocycles. The van der Waals surface area contributed by atoms with Crippen molar-refractivity contribution in [2.75, 3.05) is 0 Å². The van der Waals surface area contributed by atoms with E-state index in [1.54, 1.807) is 18.5 Å². The Balaban J connectivity index is 2.30. The summed E-state index contributed by atoms with van der Waals surface area (Å²) in [6.45, 7) is 0. The molecule has 0 aliphatic rings. The van der Waals surface area contributed by atoms with Gasteiger partial charge in [-0.25, -0.2) is 0 Å². The maximum absolute atomic E-state index is 9.46. The molecule has 0 saturated carbocycles. The van der Waals surface area contributed by atoms with E-state index in [0.717, 1.165) is 21.9 Å². The van der Waals surface area contributed by atoms with Gasteiger partial charge in [0.05, 0.1) is 6.20 Å². The highest BCUT2D eigenvalue weighted by Crippen LogP contribution is 2.28. The number of hydrogen-bond donors (Lipinski definition) is 1. The second kappa shape index (κ2) is 3.87. The molecule has 0 unspecified atom stereocenters. The number of hydrogen-bond acceptors (Lipinski definition) is 3. The molecule has 0 fully saturated rings. The summed E-state index contributed by atoms with van der Waals surface area (Å²) in [6.07, 6.45) is 6.76. The number of benzene rings is 1. The molecule has 2 aromatic heterocycles. The molecule has 3 rings (SSSR count). The van der Waals surface area contributed by atoms with Gasteiger partial charge in [-0.05, 0) is 11.5 Å². The fraction of sp³-hybridized carbons (Fsp3) is 0. The average Bonchev–Trinajstić information content (AvgIpc) is 2.38. The van der Waals surface area contributed by atoms with Crippen LogP contribution < -0.4 is 0 Å². The minimum Gasteiger partial charge on any atom is -0.506 e. The van der Waals surface area contributed by atoms with Gasteiger partial charge in [0, 0.05) is 35.1 Å². The second-order valence-corrected chi connectivity index (χ2v) is 3.84. The third-order valence-electron chi connectivity index (χ3n) is 2.70. The minimum absolute atomic E-state index is 0.162. The largest absolute Gasteiger partial charge is 0.506 e. The molecule has 3 aromatic rings. The van der Waals surface area contributed by atoms with Crippen LogP contribution in [0.3, 0.4) is 0 Å². The van der Waals surface area contributed by atoms with E-state index in [-0.39, 0.29) is 5.75 Å². The summed E-state index contributed by atoms with van der Waals surface area (Å²) in [5, 5.41) is 11.6. The fourth-order valence-corrected chi connectivity index (χ4v) is 1.92.